The van der Waals surface area contributed by atoms with Crippen LogP contribution in [0.5, 0.6) is 5.75 Å². The highest BCUT2D eigenvalue weighted by Crippen LogP contribution is 2.31. The van der Waals surface area contributed by atoms with Crippen LogP contribution in [0.25, 0.3) is 0 Å². The Balaban J connectivity index is 2.32. The largest absolute Gasteiger partial charge is 0.495 e. The average molecular weight is 294 g/mol. The first-order valence-corrected chi connectivity index (χ1v) is 6.49. The van der Waals surface area contributed by atoms with Crippen molar-refractivity contribution in [3.05, 3.63) is 39.7 Å². The first-order valence-electron chi connectivity index (χ1n) is 6.11. The van der Waals surface area contributed by atoms with Crippen LogP contribution in [0.15, 0.2) is 12.1 Å². The number of ether oxygens (including phenoxy) is 1. The summed E-state index contributed by atoms with van der Waals surface area (Å²) in [6, 6.07) is 3.45. The molecule has 0 unspecified atom stereocenters. The van der Waals surface area contributed by atoms with Gasteiger partial charge in [-0.05, 0) is 32.4 Å². The number of halogens is 1. The smallest absolute Gasteiger partial charge is 0.276 e. The van der Waals surface area contributed by atoms with Gasteiger partial charge in [-0.3, -0.25) is 9.89 Å². The number of benzene rings is 1. The minimum atomic E-state index is -0.285. The molecule has 0 spiro atoms. The average Bonchev–Trinajstić information content (AvgIpc) is 2.74. The van der Waals surface area contributed by atoms with Gasteiger partial charge in [-0.15, -0.1) is 0 Å². The number of nitrogens with zero attached hydrogens (tertiary/aromatic N) is 1. The molecule has 1 heterocycles. The Labute approximate surface area is 122 Å². The van der Waals surface area contributed by atoms with Gasteiger partial charge < -0.3 is 10.1 Å². The van der Waals surface area contributed by atoms with E-state index >= 15 is 0 Å². The first-order chi connectivity index (χ1) is 9.43. The number of nitrogens with one attached hydrogen (secondary N) is 2. The van der Waals surface area contributed by atoms with Crippen molar-refractivity contribution in [2.45, 2.75) is 20.8 Å². The van der Waals surface area contributed by atoms with Gasteiger partial charge >= 0.3 is 0 Å². The lowest BCUT2D eigenvalue weighted by molar-refractivity contribution is 0.102. The van der Waals surface area contributed by atoms with E-state index in [0.717, 1.165) is 16.8 Å². The van der Waals surface area contributed by atoms with Crippen molar-refractivity contribution in [3.63, 3.8) is 0 Å². The molecule has 106 valence electrons. The molecule has 1 aromatic carbocycles. The number of methoxy groups -OCH3 is 1. The summed E-state index contributed by atoms with van der Waals surface area (Å²) in [5.41, 5.74) is 3.50. The number of amides is 1. The van der Waals surface area contributed by atoms with Crippen molar-refractivity contribution in [3.8, 4) is 5.75 Å². The molecule has 1 aromatic heterocycles. The van der Waals surface area contributed by atoms with E-state index in [-0.39, 0.29) is 5.91 Å². The van der Waals surface area contributed by atoms with Crippen molar-refractivity contribution < 1.29 is 9.53 Å². The molecule has 0 saturated heterocycles. The standard InChI is InChI=1S/C14H16ClN3O2/c1-7-5-11(12(20-4)6-10(7)15)16-14(19)13-8(2)9(3)17-18-13/h5-6H,1-4H3,(H,16,19)(H,17,18). The molecule has 2 aromatic rings. The third-order valence-corrected chi connectivity index (χ3v) is 3.60. The Morgan fingerprint density at radius 3 is 2.60 bits per heavy atom. The zero-order valence-electron chi connectivity index (χ0n) is 11.8. The summed E-state index contributed by atoms with van der Waals surface area (Å²) < 4.78 is 5.23. The first kappa shape index (κ1) is 14.4. The molecule has 2 N–H and O–H groups in total. The van der Waals surface area contributed by atoms with E-state index in [0.29, 0.717) is 22.2 Å². The number of rotatable bonds is 3. The van der Waals surface area contributed by atoms with Crippen LogP contribution in [0.1, 0.15) is 27.3 Å². The van der Waals surface area contributed by atoms with Gasteiger partial charge in [0.2, 0.25) is 0 Å². The lowest BCUT2D eigenvalue weighted by Gasteiger charge is -2.11. The number of hydrogen-bond donors (Lipinski definition) is 2. The van der Waals surface area contributed by atoms with Gasteiger partial charge in [0.1, 0.15) is 5.75 Å². The van der Waals surface area contributed by atoms with Crippen molar-refractivity contribution in [2.75, 3.05) is 12.4 Å². The summed E-state index contributed by atoms with van der Waals surface area (Å²) in [5.74, 6) is 0.228. The summed E-state index contributed by atoms with van der Waals surface area (Å²) in [6.07, 6.45) is 0. The van der Waals surface area contributed by atoms with Crippen LogP contribution in [-0.4, -0.2) is 23.2 Å². The van der Waals surface area contributed by atoms with Crippen molar-refractivity contribution in [1.82, 2.24) is 10.2 Å². The molecule has 0 atom stereocenters. The van der Waals surface area contributed by atoms with Crippen molar-refractivity contribution in [1.29, 1.82) is 0 Å². The molecular weight excluding hydrogens is 278 g/mol. The SMILES string of the molecule is COc1cc(Cl)c(C)cc1NC(=O)c1n[nH]c(C)c1C. The molecule has 2 rings (SSSR count). The lowest BCUT2D eigenvalue weighted by atomic mass is 10.1. The number of aryl methyl sites for hydroxylation is 2. The second kappa shape index (κ2) is 5.54. The Morgan fingerprint density at radius 1 is 1.35 bits per heavy atom. The molecule has 0 saturated carbocycles. The molecule has 0 aliphatic carbocycles. The maximum Gasteiger partial charge on any atom is 0.276 e. The Bertz CT molecular complexity index is 665. The fraction of sp³-hybridized carbons (Fsp3) is 0.286. The van der Waals surface area contributed by atoms with Gasteiger partial charge in [-0.25, -0.2) is 0 Å². The topological polar surface area (TPSA) is 67.0 Å². The van der Waals surface area contributed by atoms with Crippen LogP contribution in [-0.2, 0) is 0 Å². The fourth-order valence-electron chi connectivity index (χ4n) is 1.82. The maximum atomic E-state index is 12.2. The predicted octanol–water partition coefficient (Wildman–Crippen LogP) is 3.25. The summed E-state index contributed by atoms with van der Waals surface area (Å²) in [4.78, 5) is 12.2. The van der Waals surface area contributed by atoms with Gasteiger partial charge in [0, 0.05) is 22.3 Å². The zero-order chi connectivity index (χ0) is 14.9. The summed E-state index contributed by atoms with van der Waals surface area (Å²) in [7, 11) is 1.53. The van der Waals surface area contributed by atoms with Gasteiger partial charge in [0.25, 0.3) is 5.91 Å². The van der Waals surface area contributed by atoms with Crippen LogP contribution >= 0.6 is 11.6 Å². The molecule has 6 heteroatoms. The maximum absolute atomic E-state index is 12.2. The third kappa shape index (κ3) is 2.63. The molecule has 0 bridgehead atoms. The lowest BCUT2D eigenvalue weighted by Crippen LogP contribution is -2.14. The molecule has 20 heavy (non-hydrogen) atoms. The normalized spacial score (nSPS) is 10.4. The van der Waals surface area contributed by atoms with Crippen LogP contribution in [0, 0.1) is 20.8 Å². The van der Waals surface area contributed by atoms with Crippen molar-refractivity contribution >= 4 is 23.2 Å². The number of aromatic amines is 1. The second-order valence-electron chi connectivity index (χ2n) is 4.58. The third-order valence-electron chi connectivity index (χ3n) is 3.20. The number of anilines is 1. The van der Waals surface area contributed by atoms with Gasteiger partial charge in [-0.1, -0.05) is 11.6 Å². The quantitative estimate of drug-likeness (QED) is 0.913. The highest BCUT2D eigenvalue weighted by atomic mass is 35.5. The summed E-state index contributed by atoms with van der Waals surface area (Å²) >= 11 is 6.04. The fourth-order valence-corrected chi connectivity index (χ4v) is 1.97. The number of aromatic nitrogens is 2. The summed E-state index contributed by atoms with van der Waals surface area (Å²) in [5, 5.41) is 10.2. The highest BCUT2D eigenvalue weighted by molar-refractivity contribution is 6.31. The van der Waals surface area contributed by atoms with E-state index in [1.807, 2.05) is 20.8 Å². The van der Waals surface area contributed by atoms with Crippen LogP contribution in [0.2, 0.25) is 5.02 Å². The second-order valence-corrected chi connectivity index (χ2v) is 4.99. The molecule has 0 aliphatic rings. The predicted molar refractivity (Wildman–Crippen MR) is 78.8 cm³/mol. The molecule has 5 nitrogen and oxygen atoms in total. The number of hydrogen-bond acceptors (Lipinski definition) is 3. The zero-order valence-corrected chi connectivity index (χ0v) is 12.6. The number of H-pyrrole nitrogens is 1. The van der Waals surface area contributed by atoms with E-state index < -0.39 is 0 Å². The van der Waals surface area contributed by atoms with Gasteiger partial charge in [0.05, 0.1) is 12.8 Å². The molecule has 0 radical (unpaired) electrons. The van der Waals surface area contributed by atoms with E-state index in [4.69, 9.17) is 16.3 Å². The Hall–Kier alpha value is -2.01. The number of carbonyl (C=O) groups is 1. The Kier molecular flexibility index (Phi) is 3.99. The van der Waals surface area contributed by atoms with Crippen LogP contribution in [0.4, 0.5) is 5.69 Å². The molecule has 0 fully saturated rings. The van der Waals surface area contributed by atoms with E-state index in [2.05, 4.69) is 15.5 Å². The van der Waals surface area contributed by atoms with Gasteiger partial charge in [0.15, 0.2) is 5.69 Å². The monoisotopic (exact) mass is 293 g/mol. The molecular formula is C14H16ClN3O2. The van der Waals surface area contributed by atoms with Gasteiger partial charge in [-0.2, -0.15) is 5.10 Å². The summed E-state index contributed by atoms with van der Waals surface area (Å²) in [6.45, 7) is 5.57. The van der Waals surface area contributed by atoms with E-state index in [1.165, 1.54) is 7.11 Å². The van der Waals surface area contributed by atoms with E-state index in [1.54, 1.807) is 12.1 Å². The van der Waals surface area contributed by atoms with E-state index in [9.17, 15) is 4.79 Å². The molecule has 1 amide bonds. The Morgan fingerprint density at radius 2 is 2.05 bits per heavy atom. The molecule has 0 aliphatic heterocycles. The van der Waals surface area contributed by atoms with Crippen LogP contribution < -0.4 is 10.1 Å². The number of carbonyl (C=O) groups excluding carboxylic acids is 1. The highest BCUT2D eigenvalue weighted by Gasteiger charge is 2.17. The van der Waals surface area contributed by atoms with Crippen molar-refractivity contribution in [2.24, 2.45) is 0 Å². The minimum absolute atomic E-state index is 0.285. The minimum Gasteiger partial charge on any atom is -0.495 e. The van der Waals surface area contributed by atoms with Crippen LogP contribution in [0.3, 0.4) is 0 Å².